The minimum absolute atomic E-state index is 0.161. The molecule has 0 bridgehead atoms. The number of halogens is 1. The Balaban J connectivity index is 2.51. The van der Waals surface area contributed by atoms with E-state index in [1.165, 1.54) is 6.07 Å². The van der Waals surface area contributed by atoms with Crippen LogP contribution in [0.4, 0.5) is 10.1 Å². The van der Waals surface area contributed by atoms with Gasteiger partial charge in [0.2, 0.25) is 0 Å². The Kier molecular flexibility index (Phi) is 3.83. The van der Waals surface area contributed by atoms with Crippen LogP contribution in [-0.2, 0) is 4.74 Å². The Morgan fingerprint density at radius 1 is 1.42 bits per heavy atom. The van der Waals surface area contributed by atoms with Crippen LogP contribution in [0.25, 0.3) is 0 Å². The zero-order valence-corrected chi connectivity index (χ0v) is 12.0. The zero-order valence-electron chi connectivity index (χ0n) is 12.0. The third-order valence-corrected chi connectivity index (χ3v) is 3.69. The van der Waals surface area contributed by atoms with Crippen molar-refractivity contribution in [3.05, 3.63) is 29.1 Å². The predicted octanol–water partition coefficient (Wildman–Crippen LogP) is 2.80. The van der Waals surface area contributed by atoms with Crippen molar-refractivity contribution in [1.82, 2.24) is 0 Å². The van der Waals surface area contributed by atoms with Crippen LogP contribution in [0.1, 0.15) is 38.0 Å². The van der Waals surface area contributed by atoms with Crippen LogP contribution >= 0.6 is 0 Å². The van der Waals surface area contributed by atoms with E-state index in [9.17, 15) is 9.50 Å². The van der Waals surface area contributed by atoms with Crippen LogP contribution in [0.5, 0.6) is 0 Å². The van der Waals surface area contributed by atoms with E-state index < -0.39 is 6.10 Å². The summed E-state index contributed by atoms with van der Waals surface area (Å²) in [5.74, 6) is -0.272. The lowest BCUT2D eigenvalue weighted by molar-refractivity contribution is 0.0639. The van der Waals surface area contributed by atoms with Crippen molar-refractivity contribution in [1.29, 1.82) is 0 Å². The molecule has 2 rings (SSSR count). The molecule has 1 aliphatic heterocycles. The fourth-order valence-corrected chi connectivity index (χ4v) is 2.55. The highest BCUT2D eigenvalue weighted by atomic mass is 19.1. The third-order valence-electron chi connectivity index (χ3n) is 3.69. The second-order valence-corrected chi connectivity index (χ2v) is 5.85. The number of anilines is 1. The zero-order chi connectivity index (χ0) is 14.2. The molecular weight excluding hydrogens is 245 g/mol. The first-order valence-corrected chi connectivity index (χ1v) is 6.66. The average molecular weight is 267 g/mol. The monoisotopic (exact) mass is 267 g/mol. The van der Waals surface area contributed by atoms with Crippen molar-refractivity contribution >= 4 is 5.69 Å². The number of hydrogen-bond acceptors (Lipinski definition) is 3. The van der Waals surface area contributed by atoms with Gasteiger partial charge in [0.05, 0.1) is 24.9 Å². The van der Waals surface area contributed by atoms with Crippen LogP contribution in [-0.4, -0.2) is 30.4 Å². The maximum Gasteiger partial charge on any atom is 0.126 e. The van der Waals surface area contributed by atoms with E-state index in [1.807, 2.05) is 6.07 Å². The molecule has 0 radical (unpaired) electrons. The van der Waals surface area contributed by atoms with E-state index in [0.717, 1.165) is 12.2 Å². The fraction of sp³-hybridized carbons (Fsp3) is 0.600. The number of rotatable bonds is 2. The summed E-state index contributed by atoms with van der Waals surface area (Å²) in [5.41, 5.74) is 1.98. The van der Waals surface area contributed by atoms with Crippen molar-refractivity contribution in [2.24, 2.45) is 0 Å². The Labute approximate surface area is 114 Å². The van der Waals surface area contributed by atoms with Crippen molar-refractivity contribution in [3.63, 3.8) is 0 Å². The van der Waals surface area contributed by atoms with Crippen LogP contribution in [0.15, 0.2) is 12.1 Å². The molecular formula is C15H22FNO2. The van der Waals surface area contributed by atoms with Crippen molar-refractivity contribution < 1.29 is 14.2 Å². The Bertz CT molecular complexity index is 471. The standard InChI is InChI=1S/C15H22FNO2/c1-10-7-14(12(11(2)18)8-13(10)16)17-5-6-19-9-15(17,3)4/h7-8,11,18H,5-6,9H2,1-4H3. The summed E-state index contributed by atoms with van der Waals surface area (Å²) in [5, 5.41) is 9.90. The maximum absolute atomic E-state index is 13.7. The lowest BCUT2D eigenvalue weighted by Gasteiger charge is -2.45. The number of hydrogen-bond donors (Lipinski definition) is 1. The minimum Gasteiger partial charge on any atom is -0.389 e. The highest BCUT2D eigenvalue weighted by Gasteiger charge is 2.32. The molecule has 1 unspecified atom stereocenters. The van der Waals surface area contributed by atoms with Gasteiger partial charge in [-0.1, -0.05) is 0 Å². The summed E-state index contributed by atoms with van der Waals surface area (Å²) in [4.78, 5) is 2.20. The fourth-order valence-electron chi connectivity index (χ4n) is 2.55. The van der Waals surface area contributed by atoms with Gasteiger partial charge in [-0.25, -0.2) is 4.39 Å². The number of nitrogens with zero attached hydrogens (tertiary/aromatic N) is 1. The molecule has 1 N–H and O–H groups in total. The molecule has 1 aromatic rings. The van der Waals surface area contributed by atoms with Gasteiger partial charge >= 0.3 is 0 Å². The lowest BCUT2D eigenvalue weighted by Crippen LogP contribution is -2.53. The smallest absolute Gasteiger partial charge is 0.126 e. The molecule has 0 saturated carbocycles. The molecule has 1 fully saturated rings. The molecule has 1 aromatic carbocycles. The van der Waals surface area contributed by atoms with Gasteiger partial charge in [0, 0.05) is 17.8 Å². The van der Waals surface area contributed by atoms with Gasteiger partial charge in [0.25, 0.3) is 0 Å². The van der Waals surface area contributed by atoms with Crippen LogP contribution in [0.2, 0.25) is 0 Å². The molecule has 1 heterocycles. The first kappa shape index (κ1) is 14.3. The molecule has 1 saturated heterocycles. The van der Waals surface area contributed by atoms with Crippen molar-refractivity contribution in [2.75, 3.05) is 24.7 Å². The molecule has 0 spiro atoms. The molecule has 4 heteroatoms. The van der Waals surface area contributed by atoms with Gasteiger partial charge < -0.3 is 14.7 Å². The molecule has 19 heavy (non-hydrogen) atoms. The van der Waals surface area contributed by atoms with Gasteiger partial charge in [0.15, 0.2) is 0 Å². The van der Waals surface area contributed by atoms with Crippen molar-refractivity contribution in [2.45, 2.75) is 39.3 Å². The molecule has 1 aliphatic rings. The number of ether oxygens (including phenoxy) is 1. The summed E-state index contributed by atoms with van der Waals surface area (Å²) in [6.07, 6.45) is -0.691. The second kappa shape index (κ2) is 5.10. The second-order valence-electron chi connectivity index (χ2n) is 5.85. The number of morpholine rings is 1. The van der Waals surface area contributed by atoms with Crippen LogP contribution in [0, 0.1) is 12.7 Å². The van der Waals surface area contributed by atoms with E-state index >= 15 is 0 Å². The van der Waals surface area contributed by atoms with E-state index in [-0.39, 0.29) is 11.4 Å². The number of aliphatic hydroxyl groups is 1. The molecule has 106 valence electrons. The first-order valence-electron chi connectivity index (χ1n) is 6.66. The Morgan fingerprint density at radius 2 is 2.11 bits per heavy atom. The van der Waals surface area contributed by atoms with E-state index in [0.29, 0.717) is 24.3 Å². The SMILES string of the molecule is Cc1cc(N2CCOCC2(C)C)c(C(C)O)cc1F. The average Bonchev–Trinajstić information content (AvgIpc) is 2.31. The highest BCUT2D eigenvalue weighted by Crippen LogP contribution is 2.34. The number of benzene rings is 1. The summed E-state index contributed by atoms with van der Waals surface area (Å²) < 4.78 is 19.2. The quantitative estimate of drug-likeness (QED) is 0.894. The summed E-state index contributed by atoms with van der Waals surface area (Å²) in [6, 6.07) is 3.27. The first-order chi connectivity index (χ1) is 8.83. The van der Waals surface area contributed by atoms with Gasteiger partial charge in [-0.2, -0.15) is 0 Å². The van der Waals surface area contributed by atoms with E-state index in [4.69, 9.17) is 4.74 Å². The third kappa shape index (κ3) is 2.74. The maximum atomic E-state index is 13.7. The lowest BCUT2D eigenvalue weighted by atomic mass is 9.97. The van der Waals surface area contributed by atoms with Gasteiger partial charge in [-0.05, 0) is 45.4 Å². The summed E-state index contributed by atoms with van der Waals surface area (Å²) in [7, 11) is 0. The molecule has 0 amide bonds. The molecule has 1 atom stereocenters. The Morgan fingerprint density at radius 3 is 2.68 bits per heavy atom. The number of aryl methyl sites for hydroxylation is 1. The van der Waals surface area contributed by atoms with E-state index in [2.05, 4.69) is 18.7 Å². The van der Waals surface area contributed by atoms with Crippen LogP contribution < -0.4 is 4.90 Å². The topological polar surface area (TPSA) is 32.7 Å². The van der Waals surface area contributed by atoms with Gasteiger partial charge in [-0.15, -0.1) is 0 Å². The predicted molar refractivity (Wildman–Crippen MR) is 74.0 cm³/mol. The normalized spacial score (nSPS) is 20.4. The highest BCUT2D eigenvalue weighted by molar-refractivity contribution is 5.58. The molecule has 0 aliphatic carbocycles. The van der Waals surface area contributed by atoms with Gasteiger partial charge in [0.1, 0.15) is 5.82 Å². The molecule has 0 aromatic heterocycles. The summed E-state index contributed by atoms with van der Waals surface area (Å²) in [6.45, 7) is 9.63. The Hall–Kier alpha value is -1.13. The van der Waals surface area contributed by atoms with Gasteiger partial charge in [-0.3, -0.25) is 0 Å². The molecule has 3 nitrogen and oxygen atoms in total. The van der Waals surface area contributed by atoms with Crippen molar-refractivity contribution in [3.8, 4) is 0 Å². The van der Waals surface area contributed by atoms with E-state index in [1.54, 1.807) is 13.8 Å². The largest absolute Gasteiger partial charge is 0.389 e. The van der Waals surface area contributed by atoms with Crippen LogP contribution in [0.3, 0.4) is 0 Å². The number of aliphatic hydroxyl groups excluding tert-OH is 1. The summed E-state index contributed by atoms with van der Waals surface area (Å²) >= 11 is 0. The minimum atomic E-state index is -0.691.